The van der Waals surface area contributed by atoms with Gasteiger partial charge in [0.1, 0.15) is 5.60 Å². The first-order valence-electron chi connectivity index (χ1n) is 6.54. The number of nitrogens with one attached hydrogen (secondary N) is 1. The molecule has 2 aliphatic heterocycles. The van der Waals surface area contributed by atoms with Crippen LogP contribution in [0.25, 0.3) is 0 Å². The maximum atomic E-state index is 12.0. The van der Waals surface area contributed by atoms with Gasteiger partial charge in [-0.1, -0.05) is 0 Å². The molecule has 2 aliphatic rings. The quantitative estimate of drug-likeness (QED) is 0.705. The van der Waals surface area contributed by atoms with E-state index in [1.807, 2.05) is 20.8 Å². The van der Waals surface area contributed by atoms with Crippen LogP contribution in [0.4, 0.5) is 4.79 Å². The Morgan fingerprint density at radius 1 is 1.44 bits per heavy atom. The van der Waals surface area contributed by atoms with E-state index in [4.69, 9.17) is 4.74 Å². The summed E-state index contributed by atoms with van der Waals surface area (Å²) < 4.78 is 5.37. The first kappa shape index (κ1) is 13.3. The van der Waals surface area contributed by atoms with Crippen molar-refractivity contribution in [1.82, 2.24) is 10.2 Å². The van der Waals surface area contributed by atoms with Gasteiger partial charge in [-0.15, -0.1) is 0 Å². The largest absolute Gasteiger partial charge is 0.444 e. The molecule has 1 unspecified atom stereocenters. The van der Waals surface area contributed by atoms with Gasteiger partial charge in [0.25, 0.3) is 0 Å². The van der Waals surface area contributed by atoms with E-state index in [1.54, 1.807) is 4.90 Å². The van der Waals surface area contributed by atoms with Crippen LogP contribution in [-0.2, 0) is 9.53 Å². The molecule has 0 saturated carbocycles. The van der Waals surface area contributed by atoms with Crippen LogP contribution in [0.5, 0.6) is 0 Å². The lowest BCUT2D eigenvalue weighted by Gasteiger charge is -2.39. The molecule has 0 aromatic carbocycles. The van der Waals surface area contributed by atoms with Gasteiger partial charge >= 0.3 is 6.09 Å². The number of ether oxygens (including phenoxy) is 1. The summed E-state index contributed by atoms with van der Waals surface area (Å²) >= 11 is 0. The normalized spacial score (nSPS) is 28.8. The van der Waals surface area contributed by atoms with Crippen LogP contribution in [0.1, 0.15) is 33.6 Å². The molecular formula is C13H22N2O3. The number of Topliss-reactive ketones (excluding diaryl/α,β-unsaturated/α-hetero) is 1. The minimum atomic E-state index is -0.486. The standard InChI is InChI=1S/C13H22N2O3/c1-12(2,3)18-11(17)15-6-4-5-13(9-15)8-14-7-10(13)16/h14H,4-9H2,1-3H3. The van der Waals surface area contributed by atoms with Crippen LogP contribution in [0.3, 0.4) is 0 Å². The Bertz CT molecular complexity index is 362. The van der Waals surface area contributed by atoms with E-state index in [1.165, 1.54) is 0 Å². The van der Waals surface area contributed by atoms with Crippen molar-refractivity contribution in [1.29, 1.82) is 0 Å². The third kappa shape index (κ3) is 2.66. The summed E-state index contributed by atoms with van der Waals surface area (Å²) in [4.78, 5) is 25.7. The van der Waals surface area contributed by atoms with E-state index in [0.717, 1.165) is 12.8 Å². The zero-order valence-electron chi connectivity index (χ0n) is 11.4. The summed E-state index contributed by atoms with van der Waals surface area (Å²) in [5.41, 5.74) is -0.852. The Balaban J connectivity index is 2.03. The predicted octanol–water partition coefficient (Wildman–Crippen LogP) is 1.18. The summed E-state index contributed by atoms with van der Waals surface area (Å²) in [5.74, 6) is 0.232. The molecule has 2 rings (SSSR count). The summed E-state index contributed by atoms with van der Waals surface area (Å²) in [6.07, 6.45) is 1.44. The first-order valence-corrected chi connectivity index (χ1v) is 6.54. The van der Waals surface area contributed by atoms with Crippen LogP contribution in [0.2, 0.25) is 0 Å². The number of likely N-dealkylation sites (tertiary alicyclic amines) is 1. The van der Waals surface area contributed by atoms with Crippen LogP contribution < -0.4 is 5.32 Å². The number of piperidine rings is 1. The van der Waals surface area contributed by atoms with Gasteiger partial charge in [0.15, 0.2) is 5.78 Å². The van der Waals surface area contributed by atoms with Crippen molar-refractivity contribution in [2.75, 3.05) is 26.2 Å². The molecule has 2 heterocycles. The van der Waals surface area contributed by atoms with Gasteiger partial charge in [0.05, 0.1) is 12.0 Å². The molecule has 102 valence electrons. The molecule has 0 aromatic rings. The molecule has 2 saturated heterocycles. The highest BCUT2D eigenvalue weighted by Gasteiger charge is 2.46. The second kappa shape index (κ2) is 4.53. The lowest BCUT2D eigenvalue weighted by atomic mass is 9.78. The molecule has 0 aromatic heterocycles. The van der Waals surface area contributed by atoms with Crippen molar-refractivity contribution < 1.29 is 14.3 Å². The van der Waals surface area contributed by atoms with Crippen molar-refractivity contribution >= 4 is 11.9 Å². The average Bonchev–Trinajstić information content (AvgIpc) is 2.58. The highest BCUT2D eigenvalue weighted by Crippen LogP contribution is 2.33. The first-order chi connectivity index (χ1) is 8.32. The molecule has 1 atom stereocenters. The topological polar surface area (TPSA) is 58.6 Å². The minimum Gasteiger partial charge on any atom is -0.444 e. The number of carbonyl (C=O) groups is 2. The molecule has 1 spiro atoms. The van der Waals surface area contributed by atoms with E-state index in [0.29, 0.717) is 26.2 Å². The zero-order chi connectivity index (χ0) is 13.4. The Morgan fingerprint density at radius 2 is 2.17 bits per heavy atom. The molecule has 18 heavy (non-hydrogen) atoms. The Kier molecular flexibility index (Phi) is 3.36. The molecule has 0 radical (unpaired) electrons. The maximum absolute atomic E-state index is 12.0. The molecule has 1 amide bonds. The summed E-state index contributed by atoms with van der Waals surface area (Å²) in [7, 11) is 0. The molecule has 0 bridgehead atoms. The third-order valence-corrected chi connectivity index (χ3v) is 3.57. The minimum absolute atomic E-state index is 0.232. The molecule has 2 fully saturated rings. The molecule has 5 nitrogen and oxygen atoms in total. The van der Waals surface area contributed by atoms with E-state index in [9.17, 15) is 9.59 Å². The number of hydrogen-bond acceptors (Lipinski definition) is 4. The Labute approximate surface area is 108 Å². The fourth-order valence-electron chi connectivity index (χ4n) is 2.69. The van der Waals surface area contributed by atoms with E-state index in [2.05, 4.69) is 5.32 Å². The lowest BCUT2D eigenvalue weighted by molar-refractivity contribution is -0.126. The van der Waals surface area contributed by atoms with Crippen molar-refractivity contribution in [3.63, 3.8) is 0 Å². The number of carbonyl (C=O) groups excluding carboxylic acids is 2. The van der Waals surface area contributed by atoms with Gasteiger partial charge < -0.3 is 15.0 Å². The van der Waals surface area contributed by atoms with Gasteiger partial charge in [0, 0.05) is 19.6 Å². The SMILES string of the molecule is CC(C)(C)OC(=O)N1CCCC2(CNCC2=O)C1. The molecule has 5 heteroatoms. The summed E-state index contributed by atoms with van der Waals surface area (Å²) in [6.45, 7) is 7.86. The lowest BCUT2D eigenvalue weighted by Crippen LogP contribution is -2.51. The van der Waals surface area contributed by atoms with Gasteiger partial charge in [-0.05, 0) is 33.6 Å². The highest BCUT2D eigenvalue weighted by atomic mass is 16.6. The molecule has 0 aliphatic carbocycles. The number of ketones is 1. The average molecular weight is 254 g/mol. The van der Waals surface area contributed by atoms with Gasteiger partial charge in [-0.25, -0.2) is 4.79 Å². The van der Waals surface area contributed by atoms with Crippen molar-refractivity contribution in [2.24, 2.45) is 5.41 Å². The summed E-state index contributed by atoms with van der Waals surface area (Å²) in [6, 6.07) is 0. The second-order valence-electron chi connectivity index (χ2n) is 6.31. The maximum Gasteiger partial charge on any atom is 0.410 e. The monoisotopic (exact) mass is 254 g/mol. The highest BCUT2D eigenvalue weighted by molar-refractivity contribution is 5.89. The fourth-order valence-corrected chi connectivity index (χ4v) is 2.69. The van der Waals surface area contributed by atoms with Crippen molar-refractivity contribution in [2.45, 2.75) is 39.2 Å². The number of nitrogens with zero attached hydrogens (tertiary/aromatic N) is 1. The van der Waals surface area contributed by atoms with E-state index in [-0.39, 0.29) is 17.3 Å². The number of hydrogen-bond donors (Lipinski definition) is 1. The Hall–Kier alpha value is -1.10. The van der Waals surface area contributed by atoms with Gasteiger partial charge in [-0.3, -0.25) is 4.79 Å². The second-order valence-corrected chi connectivity index (χ2v) is 6.31. The smallest absolute Gasteiger partial charge is 0.410 e. The fraction of sp³-hybridized carbons (Fsp3) is 0.846. The Morgan fingerprint density at radius 3 is 2.72 bits per heavy atom. The van der Waals surface area contributed by atoms with Gasteiger partial charge in [0.2, 0.25) is 0 Å². The van der Waals surface area contributed by atoms with Crippen molar-refractivity contribution in [3.05, 3.63) is 0 Å². The van der Waals surface area contributed by atoms with Crippen LogP contribution >= 0.6 is 0 Å². The molecular weight excluding hydrogens is 232 g/mol. The number of rotatable bonds is 0. The van der Waals surface area contributed by atoms with Gasteiger partial charge in [-0.2, -0.15) is 0 Å². The zero-order valence-corrected chi connectivity index (χ0v) is 11.4. The van der Waals surface area contributed by atoms with Crippen molar-refractivity contribution in [3.8, 4) is 0 Å². The molecule has 1 N–H and O–H groups in total. The van der Waals surface area contributed by atoms with E-state index < -0.39 is 5.60 Å². The van der Waals surface area contributed by atoms with Crippen LogP contribution in [0, 0.1) is 5.41 Å². The third-order valence-electron chi connectivity index (χ3n) is 3.57. The van der Waals surface area contributed by atoms with Crippen LogP contribution in [0.15, 0.2) is 0 Å². The summed E-state index contributed by atoms with van der Waals surface area (Å²) in [5, 5.41) is 3.11. The van der Waals surface area contributed by atoms with Crippen LogP contribution in [-0.4, -0.2) is 48.6 Å². The van der Waals surface area contributed by atoms with E-state index >= 15 is 0 Å². The number of amides is 1. The predicted molar refractivity (Wildman–Crippen MR) is 67.4 cm³/mol.